The molecule has 1 aliphatic rings. The lowest BCUT2D eigenvalue weighted by atomic mass is 10.2. The van der Waals surface area contributed by atoms with Gasteiger partial charge < -0.3 is 9.64 Å². The molecule has 0 spiro atoms. The van der Waals surface area contributed by atoms with Gasteiger partial charge in [0.2, 0.25) is 0 Å². The third-order valence-electron chi connectivity index (χ3n) is 2.24. The topological polar surface area (TPSA) is 25.4 Å². The van der Waals surface area contributed by atoms with Crippen LogP contribution in [0.2, 0.25) is 0 Å². The molecule has 13 heavy (non-hydrogen) atoms. The number of nitrogens with zero attached hydrogens (tertiary/aromatic N) is 2. The standard InChI is InChI=1S/C10H14N2O/c1-8(2)12-6-7-13-9-4-3-5-11-10(9)12/h3-5,8H,6-7H2,1-2H3. The molecule has 2 heterocycles. The summed E-state index contributed by atoms with van der Waals surface area (Å²) in [6, 6.07) is 4.36. The van der Waals surface area contributed by atoms with E-state index in [0.29, 0.717) is 6.04 Å². The van der Waals surface area contributed by atoms with Crippen LogP contribution in [0.4, 0.5) is 5.82 Å². The summed E-state index contributed by atoms with van der Waals surface area (Å²) < 4.78 is 5.50. The monoisotopic (exact) mass is 178 g/mol. The Morgan fingerprint density at radius 3 is 3.15 bits per heavy atom. The fourth-order valence-electron chi connectivity index (χ4n) is 1.57. The van der Waals surface area contributed by atoms with Gasteiger partial charge in [-0.3, -0.25) is 0 Å². The molecular weight excluding hydrogens is 164 g/mol. The Labute approximate surface area is 78.3 Å². The number of rotatable bonds is 1. The number of hydrogen-bond donors (Lipinski definition) is 0. The van der Waals surface area contributed by atoms with Gasteiger partial charge in [-0.25, -0.2) is 4.98 Å². The zero-order chi connectivity index (χ0) is 9.26. The van der Waals surface area contributed by atoms with E-state index in [4.69, 9.17) is 4.74 Å². The highest BCUT2D eigenvalue weighted by atomic mass is 16.5. The molecule has 1 aromatic heterocycles. The highest BCUT2D eigenvalue weighted by Crippen LogP contribution is 2.29. The number of aromatic nitrogens is 1. The van der Waals surface area contributed by atoms with Gasteiger partial charge in [0, 0.05) is 12.2 Å². The van der Waals surface area contributed by atoms with Crippen LogP contribution in [-0.2, 0) is 0 Å². The van der Waals surface area contributed by atoms with Crippen molar-refractivity contribution in [3.05, 3.63) is 18.3 Å². The minimum atomic E-state index is 0.484. The summed E-state index contributed by atoms with van der Waals surface area (Å²) in [6.45, 7) is 6.03. The molecule has 2 rings (SSSR count). The van der Waals surface area contributed by atoms with Crippen LogP contribution in [0.15, 0.2) is 18.3 Å². The zero-order valence-corrected chi connectivity index (χ0v) is 8.03. The lowest BCUT2D eigenvalue weighted by Gasteiger charge is -2.32. The van der Waals surface area contributed by atoms with Crippen LogP contribution in [-0.4, -0.2) is 24.2 Å². The summed E-state index contributed by atoms with van der Waals surface area (Å²) in [5.74, 6) is 1.88. The number of hydrogen-bond acceptors (Lipinski definition) is 3. The van der Waals surface area contributed by atoms with Crippen molar-refractivity contribution in [2.45, 2.75) is 19.9 Å². The van der Waals surface area contributed by atoms with Crippen molar-refractivity contribution in [3.63, 3.8) is 0 Å². The van der Waals surface area contributed by atoms with Crippen LogP contribution >= 0.6 is 0 Å². The van der Waals surface area contributed by atoms with Gasteiger partial charge in [0.25, 0.3) is 0 Å². The number of ether oxygens (including phenoxy) is 1. The van der Waals surface area contributed by atoms with Gasteiger partial charge in [-0.05, 0) is 26.0 Å². The Bertz CT molecular complexity index is 299. The maximum Gasteiger partial charge on any atom is 0.171 e. The largest absolute Gasteiger partial charge is 0.488 e. The molecular formula is C10H14N2O. The molecule has 0 aliphatic carbocycles. The molecule has 0 saturated carbocycles. The van der Waals surface area contributed by atoms with Crippen molar-refractivity contribution in [2.75, 3.05) is 18.1 Å². The minimum Gasteiger partial charge on any atom is -0.488 e. The van der Waals surface area contributed by atoms with Gasteiger partial charge >= 0.3 is 0 Å². The van der Waals surface area contributed by atoms with Crippen LogP contribution < -0.4 is 9.64 Å². The Morgan fingerprint density at radius 2 is 2.38 bits per heavy atom. The summed E-state index contributed by atoms with van der Waals surface area (Å²) in [5.41, 5.74) is 0. The van der Waals surface area contributed by atoms with Gasteiger partial charge in [0.1, 0.15) is 6.61 Å². The maximum atomic E-state index is 5.50. The van der Waals surface area contributed by atoms with Crippen molar-refractivity contribution in [2.24, 2.45) is 0 Å². The summed E-state index contributed by atoms with van der Waals surface area (Å²) in [4.78, 5) is 6.59. The fourth-order valence-corrected chi connectivity index (χ4v) is 1.57. The SMILES string of the molecule is CC(C)N1CCOc2cccnc21. The minimum absolute atomic E-state index is 0.484. The van der Waals surface area contributed by atoms with Gasteiger partial charge in [0.05, 0.1) is 6.54 Å². The van der Waals surface area contributed by atoms with Crippen molar-refractivity contribution in [1.82, 2.24) is 4.98 Å². The Balaban J connectivity index is 2.37. The van der Waals surface area contributed by atoms with E-state index in [1.165, 1.54) is 0 Å². The molecule has 3 heteroatoms. The van der Waals surface area contributed by atoms with Crippen LogP contribution in [0.3, 0.4) is 0 Å². The Kier molecular flexibility index (Phi) is 2.08. The molecule has 70 valence electrons. The lowest BCUT2D eigenvalue weighted by Crippen LogP contribution is -2.38. The third kappa shape index (κ3) is 1.46. The molecule has 0 unspecified atom stereocenters. The normalized spacial score (nSPS) is 15.5. The molecule has 0 bridgehead atoms. The smallest absolute Gasteiger partial charge is 0.171 e. The van der Waals surface area contributed by atoms with Crippen LogP contribution in [0.1, 0.15) is 13.8 Å². The predicted molar refractivity (Wildman–Crippen MR) is 52.2 cm³/mol. The summed E-state index contributed by atoms with van der Waals surface area (Å²) >= 11 is 0. The van der Waals surface area contributed by atoms with Crippen molar-refractivity contribution >= 4 is 5.82 Å². The van der Waals surface area contributed by atoms with E-state index in [9.17, 15) is 0 Å². The summed E-state index contributed by atoms with van der Waals surface area (Å²) in [7, 11) is 0. The molecule has 0 atom stereocenters. The predicted octanol–water partition coefficient (Wildman–Crippen LogP) is 1.69. The Hall–Kier alpha value is -1.25. The first-order chi connectivity index (χ1) is 6.29. The first-order valence-electron chi connectivity index (χ1n) is 4.63. The molecule has 0 radical (unpaired) electrons. The molecule has 0 fully saturated rings. The zero-order valence-electron chi connectivity index (χ0n) is 8.03. The second-order valence-corrected chi connectivity index (χ2v) is 3.46. The van der Waals surface area contributed by atoms with Crippen molar-refractivity contribution in [1.29, 1.82) is 0 Å². The summed E-state index contributed by atoms with van der Waals surface area (Å²) in [5, 5.41) is 0. The van der Waals surface area contributed by atoms with E-state index in [2.05, 4.69) is 23.7 Å². The number of anilines is 1. The highest BCUT2D eigenvalue weighted by molar-refractivity contribution is 5.54. The highest BCUT2D eigenvalue weighted by Gasteiger charge is 2.20. The average Bonchev–Trinajstić information content (AvgIpc) is 2.17. The third-order valence-corrected chi connectivity index (χ3v) is 2.24. The first-order valence-corrected chi connectivity index (χ1v) is 4.63. The quantitative estimate of drug-likeness (QED) is 0.654. The van der Waals surface area contributed by atoms with E-state index >= 15 is 0 Å². The van der Waals surface area contributed by atoms with Gasteiger partial charge in [-0.15, -0.1) is 0 Å². The van der Waals surface area contributed by atoms with Crippen molar-refractivity contribution < 1.29 is 4.74 Å². The van der Waals surface area contributed by atoms with Gasteiger partial charge in [-0.2, -0.15) is 0 Å². The van der Waals surface area contributed by atoms with E-state index in [-0.39, 0.29) is 0 Å². The number of fused-ring (bicyclic) bond motifs is 1. The van der Waals surface area contributed by atoms with Gasteiger partial charge in [-0.1, -0.05) is 0 Å². The van der Waals surface area contributed by atoms with Crippen LogP contribution in [0.25, 0.3) is 0 Å². The maximum absolute atomic E-state index is 5.50. The van der Waals surface area contributed by atoms with E-state index in [0.717, 1.165) is 24.7 Å². The lowest BCUT2D eigenvalue weighted by molar-refractivity contribution is 0.300. The molecule has 0 N–H and O–H groups in total. The van der Waals surface area contributed by atoms with Gasteiger partial charge in [0.15, 0.2) is 11.6 Å². The summed E-state index contributed by atoms with van der Waals surface area (Å²) in [6.07, 6.45) is 1.81. The number of pyridine rings is 1. The van der Waals surface area contributed by atoms with Crippen molar-refractivity contribution in [3.8, 4) is 5.75 Å². The molecule has 1 aliphatic heterocycles. The second-order valence-electron chi connectivity index (χ2n) is 3.46. The van der Waals surface area contributed by atoms with Crippen LogP contribution in [0.5, 0.6) is 5.75 Å². The van der Waals surface area contributed by atoms with E-state index in [1.54, 1.807) is 0 Å². The fraction of sp³-hybridized carbons (Fsp3) is 0.500. The molecule has 1 aromatic rings. The Morgan fingerprint density at radius 1 is 1.54 bits per heavy atom. The average molecular weight is 178 g/mol. The molecule has 0 amide bonds. The molecule has 3 nitrogen and oxygen atoms in total. The second kappa shape index (κ2) is 3.24. The van der Waals surface area contributed by atoms with Crippen LogP contribution in [0, 0.1) is 0 Å². The van der Waals surface area contributed by atoms with E-state index in [1.807, 2.05) is 18.3 Å². The first kappa shape index (κ1) is 8.35. The molecule has 0 saturated heterocycles. The van der Waals surface area contributed by atoms with E-state index < -0.39 is 0 Å². The molecule has 0 aromatic carbocycles.